The third kappa shape index (κ3) is 6.83. The van der Waals surface area contributed by atoms with Crippen molar-refractivity contribution >= 4 is 17.6 Å². The third-order valence-corrected chi connectivity index (χ3v) is 2.68. The predicted molar refractivity (Wildman–Crippen MR) is 85.2 cm³/mol. The summed E-state index contributed by atoms with van der Waals surface area (Å²) in [5.74, 6) is 0.655. The molecular formula is C15H26N4O2. The van der Waals surface area contributed by atoms with Crippen LogP contribution in [0.3, 0.4) is 0 Å². The quantitative estimate of drug-likeness (QED) is 0.776. The topological polar surface area (TPSA) is 89.3 Å². The van der Waals surface area contributed by atoms with Gasteiger partial charge in [0.25, 0.3) is 0 Å². The van der Waals surface area contributed by atoms with Crippen LogP contribution in [0, 0.1) is 5.41 Å². The van der Waals surface area contributed by atoms with Crippen LogP contribution in [0.25, 0.3) is 0 Å². The van der Waals surface area contributed by atoms with E-state index in [2.05, 4.69) is 15.6 Å². The largest absolute Gasteiger partial charge is 0.444 e. The highest BCUT2D eigenvalue weighted by Gasteiger charge is 2.22. The number of carbonyl (C=O) groups is 1. The van der Waals surface area contributed by atoms with E-state index in [1.165, 1.54) is 0 Å². The first-order valence-electron chi connectivity index (χ1n) is 7.00. The summed E-state index contributed by atoms with van der Waals surface area (Å²) in [5.41, 5.74) is 5.77. The first-order valence-corrected chi connectivity index (χ1v) is 7.00. The van der Waals surface area contributed by atoms with Crippen LogP contribution in [0.4, 0.5) is 16.3 Å². The highest BCUT2D eigenvalue weighted by Crippen LogP contribution is 2.18. The van der Waals surface area contributed by atoms with Gasteiger partial charge in [0.15, 0.2) is 0 Å². The van der Waals surface area contributed by atoms with E-state index < -0.39 is 11.7 Å². The van der Waals surface area contributed by atoms with Crippen molar-refractivity contribution in [1.29, 1.82) is 0 Å². The Labute approximate surface area is 126 Å². The maximum Gasteiger partial charge on any atom is 0.407 e. The van der Waals surface area contributed by atoms with Gasteiger partial charge in [-0.2, -0.15) is 0 Å². The van der Waals surface area contributed by atoms with Crippen molar-refractivity contribution in [2.45, 2.75) is 40.2 Å². The lowest BCUT2D eigenvalue weighted by atomic mass is 9.93. The molecule has 0 radical (unpaired) electrons. The molecule has 0 aliphatic rings. The Hall–Kier alpha value is -1.98. The molecule has 1 amide bonds. The normalized spacial score (nSPS) is 11.9. The molecule has 118 valence electrons. The number of hydrogen-bond donors (Lipinski definition) is 3. The van der Waals surface area contributed by atoms with Gasteiger partial charge in [-0.25, -0.2) is 9.78 Å². The second-order valence-electron chi connectivity index (χ2n) is 6.81. The molecule has 0 aliphatic heterocycles. The number of rotatable bonds is 5. The summed E-state index contributed by atoms with van der Waals surface area (Å²) in [4.78, 5) is 15.8. The van der Waals surface area contributed by atoms with Crippen LogP contribution in [0.15, 0.2) is 18.3 Å². The Morgan fingerprint density at radius 1 is 1.29 bits per heavy atom. The van der Waals surface area contributed by atoms with Crippen LogP contribution in [0.5, 0.6) is 0 Å². The lowest BCUT2D eigenvalue weighted by molar-refractivity contribution is 0.0508. The zero-order valence-electron chi connectivity index (χ0n) is 13.5. The number of hydrogen-bond acceptors (Lipinski definition) is 5. The van der Waals surface area contributed by atoms with Gasteiger partial charge in [-0.15, -0.1) is 0 Å². The number of ether oxygens (including phenoxy) is 1. The zero-order chi connectivity index (χ0) is 16.1. The number of nitrogens with zero attached hydrogens (tertiary/aromatic N) is 1. The van der Waals surface area contributed by atoms with E-state index in [4.69, 9.17) is 10.5 Å². The monoisotopic (exact) mass is 294 g/mol. The van der Waals surface area contributed by atoms with Gasteiger partial charge in [0.05, 0.1) is 5.69 Å². The minimum Gasteiger partial charge on any atom is -0.444 e. The Morgan fingerprint density at radius 3 is 2.52 bits per heavy atom. The first kappa shape index (κ1) is 17.1. The summed E-state index contributed by atoms with van der Waals surface area (Å²) >= 11 is 0. The molecule has 0 atom stereocenters. The van der Waals surface area contributed by atoms with Gasteiger partial charge >= 0.3 is 6.09 Å². The highest BCUT2D eigenvalue weighted by molar-refractivity contribution is 5.67. The first-order chi connectivity index (χ1) is 9.59. The number of carbonyl (C=O) groups excluding carboxylic acids is 1. The van der Waals surface area contributed by atoms with Crippen LogP contribution >= 0.6 is 0 Å². The van der Waals surface area contributed by atoms with Gasteiger partial charge in [0.1, 0.15) is 11.4 Å². The molecule has 0 saturated carbocycles. The van der Waals surface area contributed by atoms with E-state index in [0.717, 1.165) is 0 Å². The van der Waals surface area contributed by atoms with Gasteiger partial charge in [0.2, 0.25) is 0 Å². The molecule has 21 heavy (non-hydrogen) atoms. The molecule has 0 aromatic carbocycles. The van der Waals surface area contributed by atoms with E-state index in [1.807, 2.05) is 34.6 Å². The number of alkyl carbamates (subject to hydrolysis) is 1. The fraction of sp³-hybridized carbons (Fsp3) is 0.600. The van der Waals surface area contributed by atoms with Crippen LogP contribution in [-0.2, 0) is 4.74 Å². The Bertz CT molecular complexity index is 481. The zero-order valence-corrected chi connectivity index (χ0v) is 13.5. The van der Waals surface area contributed by atoms with Gasteiger partial charge in [-0.1, -0.05) is 13.8 Å². The summed E-state index contributed by atoms with van der Waals surface area (Å²) < 4.78 is 5.21. The van der Waals surface area contributed by atoms with E-state index in [-0.39, 0.29) is 5.41 Å². The molecule has 4 N–H and O–H groups in total. The molecule has 1 aromatic heterocycles. The molecule has 0 saturated heterocycles. The Morgan fingerprint density at radius 2 is 1.95 bits per heavy atom. The van der Waals surface area contributed by atoms with Gasteiger partial charge in [0, 0.05) is 19.3 Å². The number of nitrogens with two attached hydrogens (primary N) is 1. The lowest BCUT2D eigenvalue weighted by Gasteiger charge is -2.27. The lowest BCUT2D eigenvalue weighted by Crippen LogP contribution is -2.40. The Balaban J connectivity index is 2.44. The number of pyridine rings is 1. The molecule has 0 spiro atoms. The predicted octanol–water partition coefficient (Wildman–Crippen LogP) is 2.63. The van der Waals surface area contributed by atoms with Crippen molar-refractivity contribution in [3.05, 3.63) is 18.3 Å². The summed E-state index contributed by atoms with van der Waals surface area (Å²) in [6.45, 7) is 10.7. The average molecular weight is 294 g/mol. The molecule has 0 fully saturated rings. The standard InChI is InChI=1S/C15H26N4O2/c1-14(2,3)21-13(20)19-10-15(4,5)9-18-12-11(16)7-6-8-17-12/h6-8H,9-10,16H2,1-5H3,(H,17,18)(H,19,20). The smallest absolute Gasteiger partial charge is 0.407 e. The molecule has 0 aliphatic carbocycles. The van der Waals surface area contributed by atoms with Crippen molar-refractivity contribution in [1.82, 2.24) is 10.3 Å². The van der Waals surface area contributed by atoms with E-state index in [9.17, 15) is 4.79 Å². The van der Waals surface area contributed by atoms with E-state index in [1.54, 1.807) is 18.3 Å². The molecule has 1 rings (SSSR count). The molecular weight excluding hydrogens is 268 g/mol. The molecule has 6 heteroatoms. The fourth-order valence-electron chi connectivity index (χ4n) is 1.58. The highest BCUT2D eigenvalue weighted by atomic mass is 16.6. The minimum absolute atomic E-state index is 0.166. The van der Waals surface area contributed by atoms with Crippen LogP contribution in [0.2, 0.25) is 0 Å². The molecule has 1 heterocycles. The van der Waals surface area contributed by atoms with Crippen molar-refractivity contribution in [3.63, 3.8) is 0 Å². The molecule has 0 unspecified atom stereocenters. The van der Waals surface area contributed by atoms with Crippen molar-refractivity contribution in [2.24, 2.45) is 5.41 Å². The number of aromatic nitrogens is 1. The van der Waals surface area contributed by atoms with Gasteiger partial charge < -0.3 is 21.1 Å². The summed E-state index contributed by atoms with van der Waals surface area (Å²) in [6.07, 6.45) is 1.28. The fourth-order valence-corrected chi connectivity index (χ4v) is 1.58. The van der Waals surface area contributed by atoms with Crippen LogP contribution < -0.4 is 16.4 Å². The van der Waals surface area contributed by atoms with Crippen molar-refractivity contribution in [3.8, 4) is 0 Å². The average Bonchev–Trinajstić information content (AvgIpc) is 2.34. The van der Waals surface area contributed by atoms with E-state index in [0.29, 0.717) is 24.6 Å². The van der Waals surface area contributed by atoms with Crippen LogP contribution in [-0.4, -0.2) is 29.8 Å². The summed E-state index contributed by atoms with van der Waals surface area (Å²) in [6, 6.07) is 3.58. The second-order valence-corrected chi connectivity index (χ2v) is 6.81. The van der Waals surface area contributed by atoms with Crippen LogP contribution in [0.1, 0.15) is 34.6 Å². The minimum atomic E-state index is -0.491. The number of anilines is 2. The maximum absolute atomic E-state index is 11.6. The van der Waals surface area contributed by atoms with Gasteiger partial charge in [-0.3, -0.25) is 0 Å². The van der Waals surface area contributed by atoms with E-state index >= 15 is 0 Å². The number of amides is 1. The summed E-state index contributed by atoms with van der Waals surface area (Å²) in [5, 5.41) is 5.97. The number of nitrogen functional groups attached to an aromatic ring is 1. The maximum atomic E-state index is 11.6. The third-order valence-electron chi connectivity index (χ3n) is 2.68. The second kappa shape index (κ2) is 6.65. The van der Waals surface area contributed by atoms with Crippen molar-refractivity contribution < 1.29 is 9.53 Å². The Kier molecular flexibility index (Phi) is 5.41. The molecule has 1 aromatic rings. The summed E-state index contributed by atoms with van der Waals surface area (Å²) in [7, 11) is 0. The molecule has 6 nitrogen and oxygen atoms in total. The van der Waals surface area contributed by atoms with Gasteiger partial charge in [-0.05, 0) is 38.3 Å². The number of nitrogens with one attached hydrogen (secondary N) is 2. The molecule has 0 bridgehead atoms. The van der Waals surface area contributed by atoms with Crippen molar-refractivity contribution in [2.75, 3.05) is 24.1 Å². The SMILES string of the molecule is CC(C)(CNC(=O)OC(C)(C)C)CNc1ncccc1N.